The number of benzene rings is 1. The topological polar surface area (TPSA) is 9.23 Å². The molecule has 0 bridgehead atoms. The molecule has 0 aliphatic heterocycles. The number of halogens is 4. The monoisotopic (exact) mass is 440 g/mol. The van der Waals surface area contributed by atoms with Gasteiger partial charge in [-0.05, 0) is 92.7 Å². The fraction of sp³-hybridized carbons (Fsp3) is 0.692. The third kappa shape index (κ3) is 7.84. The minimum absolute atomic E-state index is 0.513. The van der Waals surface area contributed by atoms with Gasteiger partial charge in [0.05, 0.1) is 0 Å². The molecule has 0 saturated heterocycles. The highest BCUT2D eigenvalue weighted by Gasteiger charge is 2.32. The van der Waals surface area contributed by atoms with E-state index in [0.29, 0.717) is 12.0 Å². The second-order valence-electron chi connectivity index (χ2n) is 9.57. The van der Waals surface area contributed by atoms with Crippen molar-refractivity contribution in [3.8, 4) is 5.75 Å². The molecule has 31 heavy (non-hydrogen) atoms. The zero-order chi connectivity index (χ0) is 22.3. The summed E-state index contributed by atoms with van der Waals surface area (Å²) in [5, 5.41) is 0. The summed E-state index contributed by atoms with van der Waals surface area (Å²) in [6.07, 6.45) is 14.6. The zero-order valence-corrected chi connectivity index (χ0v) is 18.6. The first kappa shape index (κ1) is 24.1. The Morgan fingerprint density at radius 2 is 1.52 bits per heavy atom. The van der Waals surface area contributed by atoms with Crippen LogP contribution in [0.15, 0.2) is 30.4 Å². The highest BCUT2D eigenvalue weighted by atomic mass is 19.4. The Kier molecular flexibility index (Phi) is 8.85. The van der Waals surface area contributed by atoms with E-state index in [-0.39, 0.29) is 0 Å². The summed E-state index contributed by atoms with van der Waals surface area (Å²) in [5.41, 5.74) is 0.644. The number of hydrogen-bond donors (Lipinski definition) is 0. The summed E-state index contributed by atoms with van der Waals surface area (Å²) in [6.45, 7) is 2.29. The summed E-state index contributed by atoms with van der Waals surface area (Å²) in [6, 6.07) is 3.64. The van der Waals surface area contributed by atoms with E-state index in [0.717, 1.165) is 42.2 Å². The van der Waals surface area contributed by atoms with Gasteiger partial charge in [-0.3, -0.25) is 0 Å². The van der Waals surface area contributed by atoms with Crippen LogP contribution in [0.25, 0.3) is 0 Å². The first-order valence-electron chi connectivity index (χ1n) is 12.0. The number of hydrogen-bond acceptors (Lipinski definition) is 1. The molecule has 1 nitrogen and oxygen atoms in total. The van der Waals surface area contributed by atoms with Crippen LogP contribution in [0.3, 0.4) is 0 Å². The van der Waals surface area contributed by atoms with E-state index in [1.807, 2.05) is 6.08 Å². The molecule has 1 aromatic rings. The van der Waals surface area contributed by atoms with Gasteiger partial charge in [0, 0.05) is 0 Å². The maximum absolute atomic E-state index is 13.8. The van der Waals surface area contributed by atoms with Gasteiger partial charge in [-0.2, -0.15) is 0 Å². The lowest BCUT2D eigenvalue weighted by atomic mass is 9.68. The van der Waals surface area contributed by atoms with Gasteiger partial charge >= 0.3 is 6.36 Å². The van der Waals surface area contributed by atoms with E-state index in [1.165, 1.54) is 70.3 Å². The molecule has 0 radical (unpaired) electrons. The predicted octanol–water partition coefficient (Wildman–Crippen LogP) is 8.63. The van der Waals surface area contributed by atoms with Gasteiger partial charge in [0.2, 0.25) is 0 Å². The molecular weight excluding hydrogens is 404 g/mol. The summed E-state index contributed by atoms with van der Waals surface area (Å²) in [4.78, 5) is 0. The second-order valence-corrected chi connectivity index (χ2v) is 9.57. The lowest BCUT2D eigenvalue weighted by Crippen LogP contribution is -2.25. The van der Waals surface area contributed by atoms with Crippen molar-refractivity contribution >= 4 is 0 Å². The lowest BCUT2D eigenvalue weighted by Gasteiger charge is -2.37. The second kappa shape index (κ2) is 11.4. The molecule has 0 spiro atoms. The molecule has 2 aliphatic rings. The average molecular weight is 441 g/mol. The molecule has 0 unspecified atom stereocenters. The molecule has 2 fully saturated rings. The first-order chi connectivity index (χ1) is 14.8. The van der Waals surface area contributed by atoms with Crippen LogP contribution in [0.4, 0.5) is 17.6 Å². The quantitative estimate of drug-likeness (QED) is 0.290. The molecule has 174 valence electrons. The molecule has 2 saturated carbocycles. The summed E-state index contributed by atoms with van der Waals surface area (Å²) >= 11 is 0. The summed E-state index contributed by atoms with van der Waals surface area (Å²) in [5.74, 6) is 1.81. The largest absolute Gasteiger partial charge is 0.573 e. The summed E-state index contributed by atoms with van der Waals surface area (Å²) in [7, 11) is 0. The van der Waals surface area contributed by atoms with Gasteiger partial charge < -0.3 is 4.74 Å². The molecular formula is C26H36F4O. The van der Waals surface area contributed by atoms with Crippen molar-refractivity contribution in [2.75, 3.05) is 0 Å². The summed E-state index contributed by atoms with van der Waals surface area (Å²) < 4.78 is 54.1. The van der Waals surface area contributed by atoms with Crippen LogP contribution in [-0.2, 0) is 6.42 Å². The maximum Gasteiger partial charge on any atom is 0.573 e. The Bertz CT molecular complexity index is 696. The maximum atomic E-state index is 13.8. The highest BCUT2D eigenvalue weighted by Crippen LogP contribution is 2.42. The minimum Gasteiger partial charge on any atom is -0.403 e. The van der Waals surface area contributed by atoms with Crippen LogP contribution in [0, 0.1) is 29.5 Å². The van der Waals surface area contributed by atoms with Crippen molar-refractivity contribution in [1.29, 1.82) is 0 Å². The number of allylic oxidation sites excluding steroid dienone is 2. The Hall–Kier alpha value is -1.52. The molecule has 5 heteroatoms. The van der Waals surface area contributed by atoms with Gasteiger partial charge in [-0.15, -0.1) is 13.2 Å². The normalized spacial score (nSPS) is 27.5. The van der Waals surface area contributed by atoms with Gasteiger partial charge in [0.15, 0.2) is 11.6 Å². The molecule has 2 aliphatic carbocycles. The average Bonchev–Trinajstić information content (AvgIpc) is 2.73. The Morgan fingerprint density at radius 1 is 0.903 bits per heavy atom. The fourth-order valence-electron chi connectivity index (χ4n) is 5.64. The van der Waals surface area contributed by atoms with Gasteiger partial charge in [0.25, 0.3) is 0 Å². The standard InChI is InChI=1S/C26H36F4O/c1-2-5-19-8-13-22(14-9-19)23-15-10-20(11-16-23)6-3-4-7-21-12-17-25(24(27)18-21)31-26(28,29)30/h3-4,12,17-20,22-23H,2,5-11,13-16H2,1H3. The van der Waals surface area contributed by atoms with Crippen molar-refractivity contribution in [2.24, 2.45) is 23.7 Å². The number of ether oxygens (including phenoxy) is 1. The van der Waals surface area contributed by atoms with E-state index in [2.05, 4.69) is 17.7 Å². The van der Waals surface area contributed by atoms with E-state index in [1.54, 1.807) is 0 Å². The Balaban J connectivity index is 1.36. The van der Waals surface area contributed by atoms with Crippen LogP contribution >= 0.6 is 0 Å². The minimum atomic E-state index is -4.88. The Morgan fingerprint density at radius 3 is 2.06 bits per heavy atom. The first-order valence-corrected chi connectivity index (χ1v) is 12.0. The fourth-order valence-corrected chi connectivity index (χ4v) is 5.64. The molecule has 1 aromatic carbocycles. The zero-order valence-electron chi connectivity index (χ0n) is 18.6. The smallest absolute Gasteiger partial charge is 0.403 e. The Labute approximate surface area is 184 Å². The van der Waals surface area contributed by atoms with Gasteiger partial charge in [0.1, 0.15) is 0 Å². The lowest BCUT2D eigenvalue weighted by molar-refractivity contribution is -0.275. The van der Waals surface area contributed by atoms with Crippen molar-refractivity contribution in [3.63, 3.8) is 0 Å². The van der Waals surface area contributed by atoms with E-state index < -0.39 is 17.9 Å². The van der Waals surface area contributed by atoms with E-state index in [4.69, 9.17) is 0 Å². The van der Waals surface area contributed by atoms with Crippen molar-refractivity contribution < 1.29 is 22.3 Å². The number of rotatable bonds is 8. The van der Waals surface area contributed by atoms with Crippen LogP contribution in [0.1, 0.15) is 83.1 Å². The third-order valence-electron chi connectivity index (χ3n) is 7.36. The molecule has 0 N–H and O–H groups in total. The van der Waals surface area contributed by atoms with Crippen molar-refractivity contribution in [3.05, 3.63) is 41.7 Å². The van der Waals surface area contributed by atoms with Crippen molar-refractivity contribution in [1.82, 2.24) is 0 Å². The van der Waals surface area contributed by atoms with Crippen LogP contribution < -0.4 is 4.74 Å². The predicted molar refractivity (Wildman–Crippen MR) is 116 cm³/mol. The SMILES string of the molecule is CCCC1CCC(C2CCC(CC=CCc3ccc(OC(F)(F)F)c(F)c3)CC2)CC1. The van der Waals surface area contributed by atoms with Crippen LogP contribution in [-0.4, -0.2) is 6.36 Å². The van der Waals surface area contributed by atoms with Crippen LogP contribution in [0.2, 0.25) is 0 Å². The molecule has 0 atom stereocenters. The number of alkyl halides is 3. The third-order valence-corrected chi connectivity index (χ3v) is 7.36. The van der Waals surface area contributed by atoms with Gasteiger partial charge in [-0.25, -0.2) is 4.39 Å². The highest BCUT2D eigenvalue weighted by molar-refractivity contribution is 5.30. The van der Waals surface area contributed by atoms with E-state index >= 15 is 0 Å². The molecule has 0 aromatic heterocycles. The van der Waals surface area contributed by atoms with Gasteiger partial charge in [-0.1, -0.05) is 50.8 Å². The van der Waals surface area contributed by atoms with Crippen molar-refractivity contribution in [2.45, 2.75) is 90.3 Å². The molecule has 0 amide bonds. The van der Waals surface area contributed by atoms with Crippen LogP contribution in [0.5, 0.6) is 5.75 Å². The van der Waals surface area contributed by atoms with E-state index in [9.17, 15) is 17.6 Å². The molecule has 0 heterocycles. The molecule has 3 rings (SSSR count).